The van der Waals surface area contributed by atoms with E-state index in [1.165, 1.54) is 30.4 Å². The molecule has 2 rings (SSSR count). The molecule has 0 bridgehead atoms. The first kappa shape index (κ1) is 11.7. The van der Waals surface area contributed by atoms with E-state index in [0.717, 1.165) is 12.5 Å². The minimum absolute atomic E-state index is 0.418. The van der Waals surface area contributed by atoms with Crippen LogP contribution in [0.3, 0.4) is 0 Å². The van der Waals surface area contributed by atoms with Crippen molar-refractivity contribution in [1.82, 2.24) is 5.32 Å². The van der Waals surface area contributed by atoms with Gasteiger partial charge in [0.15, 0.2) is 0 Å². The molecule has 1 aromatic rings. The van der Waals surface area contributed by atoms with Crippen molar-refractivity contribution in [3.63, 3.8) is 0 Å². The van der Waals surface area contributed by atoms with E-state index in [1.807, 2.05) is 0 Å². The third kappa shape index (κ3) is 2.01. The molecule has 0 aromatic heterocycles. The predicted octanol–water partition coefficient (Wildman–Crippen LogP) is 3.27. The Hall–Kier alpha value is -0.820. The summed E-state index contributed by atoms with van der Waals surface area (Å²) in [7, 11) is 2.07. The molecule has 1 N–H and O–H groups in total. The molecule has 0 amide bonds. The molecule has 88 valence electrons. The molecule has 0 spiro atoms. The standard InChI is InChI=1S/C15H23N/c1-4-13-9-15(10-13,11-16-3)14-7-5-6-12(2)8-14/h5-8,13,16H,4,9-11H2,1-3H3. The van der Waals surface area contributed by atoms with Crippen LogP contribution in [0.4, 0.5) is 0 Å². The van der Waals surface area contributed by atoms with Gasteiger partial charge in [0.25, 0.3) is 0 Å². The lowest BCUT2D eigenvalue weighted by Crippen LogP contribution is -2.47. The summed E-state index contributed by atoms with van der Waals surface area (Å²) >= 11 is 0. The van der Waals surface area contributed by atoms with Crippen molar-refractivity contribution in [2.24, 2.45) is 5.92 Å². The molecular weight excluding hydrogens is 194 g/mol. The third-order valence-corrected chi connectivity index (χ3v) is 4.08. The highest BCUT2D eigenvalue weighted by atomic mass is 14.8. The van der Waals surface area contributed by atoms with Crippen LogP contribution in [0.5, 0.6) is 0 Å². The van der Waals surface area contributed by atoms with Gasteiger partial charge in [-0.3, -0.25) is 0 Å². The number of hydrogen-bond acceptors (Lipinski definition) is 1. The van der Waals surface area contributed by atoms with E-state index in [9.17, 15) is 0 Å². The van der Waals surface area contributed by atoms with Gasteiger partial charge in [-0.25, -0.2) is 0 Å². The molecule has 0 atom stereocenters. The molecular formula is C15H23N. The monoisotopic (exact) mass is 217 g/mol. The minimum atomic E-state index is 0.418. The number of hydrogen-bond donors (Lipinski definition) is 1. The summed E-state index contributed by atoms with van der Waals surface area (Å²) in [5.41, 5.74) is 3.33. The van der Waals surface area contributed by atoms with Gasteiger partial charge < -0.3 is 5.32 Å². The zero-order valence-electron chi connectivity index (χ0n) is 10.7. The highest BCUT2D eigenvalue weighted by Crippen LogP contribution is 2.48. The molecule has 0 radical (unpaired) electrons. The van der Waals surface area contributed by atoms with Crippen LogP contribution >= 0.6 is 0 Å². The fourth-order valence-electron chi connectivity index (χ4n) is 3.13. The van der Waals surface area contributed by atoms with Crippen LogP contribution < -0.4 is 5.32 Å². The molecule has 1 aromatic carbocycles. The molecule has 1 nitrogen and oxygen atoms in total. The second-order valence-corrected chi connectivity index (χ2v) is 5.36. The van der Waals surface area contributed by atoms with Crippen molar-refractivity contribution in [1.29, 1.82) is 0 Å². The number of nitrogens with one attached hydrogen (secondary N) is 1. The van der Waals surface area contributed by atoms with Gasteiger partial charge in [0.05, 0.1) is 0 Å². The number of rotatable bonds is 4. The molecule has 0 aliphatic heterocycles. The van der Waals surface area contributed by atoms with E-state index in [0.29, 0.717) is 5.41 Å². The van der Waals surface area contributed by atoms with E-state index in [2.05, 4.69) is 50.5 Å². The molecule has 1 fully saturated rings. The quantitative estimate of drug-likeness (QED) is 0.816. The second kappa shape index (κ2) is 4.58. The topological polar surface area (TPSA) is 12.0 Å². The molecule has 1 aliphatic rings. The first-order valence-electron chi connectivity index (χ1n) is 6.42. The lowest BCUT2D eigenvalue weighted by atomic mass is 9.58. The molecule has 1 saturated carbocycles. The maximum atomic E-state index is 3.37. The summed E-state index contributed by atoms with van der Waals surface area (Å²) in [4.78, 5) is 0. The van der Waals surface area contributed by atoms with Crippen molar-refractivity contribution in [2.75, 3.05) is 13.6 Å². The van der Waals surface area contributed by atoms with Crippen molar-refractivity contribution in [3.8, 4) is 0 Å². The van der Waals surface area contributed by atoms with Crippen LogP contribution in [-0.4, -0.2) is 13.6 Å². The summed E-state index contributed by atoms with van der Waals surface area (Å²) in [5, 5.41) is 3.37. The van der Waals surface area contributed by atoms with Crippen LogP contribution in [0.2, 0.25) is 0 Å². The number of benzene rings is 1. The Morgan fingerprint density at radius 1 is 1.38 bits per heavy atom. The Labute approximate surface area is 99.3 Å². The van der Waals surface area contributed by atoms with E-state index in [-0.39, 0.29) is 0 Å². The Kier molecular flexibility index (Phi) is 3.34. The summed E-state index contributed by atoms with van der Waals surface area (Å²) in [5.74, 6) is 0.939. The minimum Gasteiger partial charge on any atom is -0.319 e. The van der Waals surface area contributed by atoms with Crippen molar-refractivity contribution in [3.05, 3.63) is 35.4 Å². The van der Waals surface area contributed by atoms with Crippen LogP contribution in [0.1, 0.15) is 37.3 Å². The maximum Gasteiger partial charge on any atom is 0.00830 e. The molecule has 16 heavy (non-hydrogen) atoms. The highest BCUT2D eigenvalue weighted by Gasteiger charge is 2.43. The maximum absolute atomic E-state index is 3.37. The average molecular weight is 217 g/mol. The Morgan fingerprint density at radius 2 is 2.12 bits per heavy atom. The fourth-order valence-corrected chi connectivity index (χ4v) is 3.13. The van der Waals surface area contributed by atoms with Crippen molar-refractivity contribution >= 4 is 0 Å². The van der Waals surface area contributed by atoms with E-state index >= 15 is 0 Å². The van der Waals surface area contributed by atoms with E-state index < -0.39 is 0 Å². The third-order valence-electron chi connectivity index (χ3n) is 4.08. The first-order chi connectivity index (χ1) is 7.70. The van der Waals surface area contributed by atoms with Crippen LogP contribution in [0.15, 0.2) is 24.3 Å². The van der Waals surface area contributed by atoms with Crippen LogP contribution in [0.25, 0.3) is 0 Å². The number of likely N-dealkylation sites (N-methyl/N-ethyl adjacent to an activating group) is 1. The zero-order valence-corrected chi connectivity index (χ0v) is 10.7. The summed E-state index contributed by atoms with van der Waals surface area (Å²) < 4.78 is 0. The molecule has 0 heterocycles. The van der Waals surface area contributed by atoms with Crippen LogP contribution in [-0.2, 0) is 5.41 Å². The number of aryl methyl sites for hydroxylation is 1. The SMILES string of the molecule is CCC1CC(CNC)(c2cccc(C)c2)C1. The van der Waals surface area contributed by atoms with Gasteiger partial charge in [-0.05, 0) is 38.3 Å². The van der Waals surface area contributed by atoms with Gasteiger partial charge in [0.2, 0.25) is 0 Å². The Morgan fingerprint density at radius 3 is 2.69 bits per heavy atom. The Balaban J connectivity index is 2.21. The molecule has 1 heteroatoms. The van der Waals surface area contributed by atoms with Gasteiger partial charge in [0, 0.05) is 12.0 Å². The average Bonchev–Trinajstić information content (AvgIpc) is 2.23. The highest BCUT2D eigenvalue weighted by molar-refractivity contribution is 5.32. The summed E-state index contributed by atoms with van der Waals surface area (Å²) in [6.07, 6.45) is 4.04. The molecule has 0 unspecified atom stereocenters. The van der Waals surface area contributed by atoms with Crippen LogP contribution in [0, 0.1) is 12.8 Å². The predicted molar refractivity (Wildman–Crippen MR) is 69.8 cm³/mol. The van der Waals surface area contributed by atoms with Gasteiger partial charge in [-0.2, -0.15) is 0 Å². The van der Waals surface area contributed by atoms with E-state index in [4.69, 9.17) is 0 Å². The van der Waals surface area contributed by atoms with Crippen molar-refractivity contribution < 1.29 is 0 Å². The largest absolute Gasteiger partial charge is 0.319 e. The molecule has 0 saturated heterocycles. The normalized spacial score (nSPS) is 28.8. The van der Waals surface area contributed by atoms with Gasteiger partial charge >= 0.3 is 0 Å². The second-order valence-electron chi connectivity index (χ2n) is 5.36. The lowest BCUT2D eigenvalue weighted by Gasteiger charge is -2.48. The van der Waals surface area contributed by atoms with Crippen molar-refractivity contribution in [2.45, 2.75) is 38.5 Å². The smallest absolute Gasteiger partial charge is 0.00830 e. The Bertz CT molecular complexity index is 350. The van der Waals surface area contributed by atoms with Gasteiger partial charge in [-0.1, -0.05) is 43.2 Å². The lowest BCUT2D eigenvalue weighted by molar-refractivity contribution is 0.136. The zero-order chi connectivity index (χ0) is 11.6. The van der Waals surface area contributed by atoms with E-state index in [1.54, 1.807) is 0 Å². The molecule has 1 aliphatic carbocycles. The first-order valence-corrected chi connectivity index (χ1v) is 6.42. The van der Waals surface area contributed by atoms with Gasteiger partial charge in [-0.15, -0.1) is 0 Å². The van der Waals surface area contributed by atoms with Gasteiger partial charge in [0.1, 0.15) is 0 Å². The summed E-state index contributed by atoms with van der Waals surface area (Å²) in [6, 6.07) is 9.05. The fraction of sp³-hybridized carbons (Fsp3) is 0.600. The summed E-state index contributed by atoms with van der Waals surface area (Å²) in [6.45, 7) is 5.61.